The van der Waals surface area contributed by atoms with Gasteiger partial charge in [-0.25, -0.2) is 4.98 Å². The maximum atomic E-state index is 12.8. The fraction of sp³-hybridized carbons (Fsp3) is 0.550. The number of aromatic nitrogens is 1. The summed E-state index contributed by atoms with van der Waals surface area (Å²) in [7, 11) is 0. The Morgan fingerprint density at radius 2 is 2.07 bits per heavy atom. The molecule has 142 valence electrons. The number of fused-ring (bicyclic) bond motifs is 4. The number of amides is 2. The van der Waals surface area contributed by atoms with E-state index < -0.39 is 0 Å². The average molecular weight is 385 g/mol. The molecule has 4 aliphatic heterocycles. The van der Waals surface area contributed by atoms with E-state index in [0.717, 1.165) is 54.8 Å². The van der Waals surface area contributed by atoms with E-state index in [1.807, 2.05) is 16.3 Å². The number of carbonyl (C=O) groups is 2. The zero-order valence-corrected chi connectivity index (χ0v) is 16.1. The highest BCUT2D eigenvalue weighted by Gasteiger charge is 2.35. The summed E-state index contributed by atoms with van der Waals surface area (Å²) in [5, 5.41) is 6.19. The summed E-state index contributed by atoms with van der Waals surface area (Å²) in [5.41, 5.74) is 1.38. The van der Waals surface area contributed by atoms with Gasteiger partial charge in [-0.3, -0.25) is 9.59 Å². The first-order valence-corrected chi connectivity index (χ1v) is 10.8. The first-order chi connectivity index (χ1) is 13.2. The Labute approximate surface area is 162 Å². The van der Waals surface area contributed by atoms with Crippen LogP contribution in [0, 0.1) is 5.92 Å². The number of piperidine rings is 4. The molecule has 0 radical (unpaired) electrons. The maximum Gasteiger partial charge on any atom is 0.270 e. The molecule has 1 N–H and O–H groups in total. The lowest BCUT2D eigenvalue weighted by molar-refractivity contribution is -0.119. The quantitative estimate of drug-likeness (QED) is 0.884. The van der Waals surface area contributed by atoms with Crippen molar-refractivity contribution in [2.24, 2.45) is 5.92 Å². The zero-order chi connectivity index (χ0) is 18.4. The third kappa shape index (κ3) is 3.12. The SMILES string of the molecule is O=C(N[C@H]1CN2CCC1CC2)c1cc2c(N3CCCCC3=O)csc2cn1. The number of hydrogen-bond acceptors (Lipinski definition) is 5. The van der Waals surface area contributed by atoms with Crippen molar-refractivity contribution in [2.45, 2.75) is 38.1 Å². The van der Waals surface area contributed by atoms with E-state index >= 15 is 0 Å². The fourth-order valence-corrected chi connectivity index (χ4v) is 5.58. The molecule has 1 atom stereocenters. The van der Waals surface area contributed by atoms with Crippen molar-refractivity contribution in [1.82, 2.24) is 15.2 Å². The van der Waals surface area contributed by atoms with Crippen LogP contribution in [0.25, 0.3) is 10.1 Å². The van der Waals surface area contributed by atoms with Gasteiger partial charge in [0.2, 0.25) is 5.91 Å². The molecule has 4 fully saturated rings. The van der Waals surface area contributed by atoms with E-state index in [1.54, 1.807) is 17.5 Å². The van der Waals surface area contributed by atoms with E-state index in [-0.39, 0.29) is 17.9 Å². The van der Waals surface area contributed by atoms with Crippen LogP contribution in [0.2, 0.25) is 0 Å². The van der Waals surface area contributed by atoms with Crippen LogP contribution in [0.5, 0.6) is 0 Å². The number of nitrogens with zero attached hydrogens (tertiary/aromatic N) is 3. The predicted molar refractivity (Wildman–Crippen MR) is 106 cm³/mol. The van der Waals surface area contributed by atoms with E-state index in [4.69, 9.17) is 0 Å². The highest BCUT2D eigenvalue weighted by Crippen LogP contribution is 2.35. The first-order valence-electron chi connectivity index (χ1n) is 9.90. The molecule has 0 unspecified atom stereocenters. The van der Waals surface area contributed by atoms with Crippen molar-refractivity contribution >= 4 is 38.9 Å². The van der Waals surface area contributed by atoms with Crippen LogP contribution in [-0.4, -0.2) is 53.9 Å². The third-order valence-electron chi connectivity index (χ3n) is 6.26. The number of thiophene rings is 1. The van der Waals surface area contributed by atoms with Gasteiger partial charge >= 0.3 is 0 Å². The molecule has 0 spiro atoms. The molecule has 6 rings (SSSR count). The maximum absolute atomic E-state index is 12.8. The Morgan fingerprint density at radius 1 is 1.22 bits per heavy atom. The molecule has 6 heterocycles. The van der Waals surface area contributed by atoms with Crippen molar-refractivity contribution < 1.29 is 9.59 Å². The van der Waals surface area contributed by atoms with Gasteiger partial charge in [0, 0.05) is 42.5 Å². The molecule has 7 heteroatoms. The lowest BCUT2D eigenvalue weighted by atomic mass is 9.84. The van der Waals surface area contributed by atoms with E-state index in [2.05, 4.69) is 15.2 Å². The molecule has 2 aromatic heterocycles. The van der Waals surface area contributed by atoms with E-state index in [1.165, 1.54) is 12.8 Å². The van der Waals surface area contributed by atoms with E-state index in [9.17, 15) is 9.59 Å². The second-order valence-electron chi connectivity index (χ2n) is 7.91. The topological polar surface area (TPSA) is 65.5 Å². The Balaban J connectivity index is 1.39. The van der Waals surface area contributed by atoms with Crippen molar-refractivity contribution in [3.63, 3.8) is 0 Å². The summed E-state index contributed by atoms with van der Waals surface area (Å²) in [6.07, 6.45) is 6.71. The standard InChI is InChI=1S/C20H24N4O2S/c25-19-3-1-2-6-24(19)17-12-27-18-10-21-15(9-14(17)18)20(26)22-16-11-23-7-4-13(16)5-8-23/h9-10,12-13,16H,1-8,11H2,(H,22,26)/t16-/m0/s1. The molecule has 2 aromatic rings. The van der Waals surface area contributed by atoms with Crippen molar-refractivity contribution in [1.29, 1.82) is 0 Å². The van der Waals surface area contributed by atoms with Gasteiger partial charge in [-0.1, -0.05) is 0 Å². The largest absolute Gasteiger partial charge is 0.346 e. The summed E-state index contributed by atoms with van der Waals surface area (Å²) < 4.78 is 1.02. The minimum absolute atomic E-state index is 0.0993. The Kier molecular flexibility index (Phi) is 4.36. The zero-order valence-electron chi connectivity index (χ0n) is 15.3. The minimum Gasteiger partial charge on any atom is -0.346 e. The molecule has 4 saturated heterocycles. The van der Waals surface area contributed by atoms with Gasteiger partial charge in [-0.2, -0.15) is 0 Å². The number of nitrogens with one attached hydrogen (secondary N) is 1. The van der Waals surface area contributed by atoms with Crippen LogP contribution in [0.4, 0.5) is 5.69 Å². The Morgan fingerprint density at radius 3 is 2.81 bits per heavy atom. The molecule has 6 nitrogen and oxygen atoms in total. The van der Waals surface area contributed by atoms with Crippen LogP contribution in [-0.2, 0) is 4.79 Å². The summed E-state index contributed by atoms with van der Waals surface area (Å²) in [6, 6.07) is 2.09. The molecule has 27 heavy (non-hydrogen) atoms. The number of pyridine rings is 1. The van der Waals surface area contributed by atoms with Crippen LogP contribution < -0.4 is 10.2 Å². The summed E-state index contributed by atoms with van der Waals surface area (Å²) in [5.74, 6) is 0.666. The summed E-state index contributed by atoms with van der Waals surface area (Å²) in [4.78, 5) is 33.9. The fourth-order valence-electron chi connectivity index (χ4n) is 4.68. The van der Waals surface area contributed by atoms with Gasteiger partial charge in [-0.05, 0) is 50.8 Å². The van der Waals surface area contributed by atoms with Gasteiger partial charge in [0.05, 0.1) is 10.4 Å². The van der Waals surface area contributed by atoms with Crippen molar-refractivity contribution in [2.75, 3.05) is 31.1 Å². The molecule has 0 aromatic carbocycles. The molecular formula is C20H24N4O2S. The summed E-state index contributed by atoms with van der Waals surface area (Å²) in [6.45, 7) is 4.02. The molecule has 0 saturated carbocycles. The van der Waals surface area contributed by atoms with Crippen LogP contribution in [0.1, 0.15) is 42.6 Å². The highest BCUT2D eigenvalue weighted by molar-refractivity contribution is 7.17. The molecule has 0 aliphatic carbocycles. The van der Waals surface area contributed by atoms with Gasteiger partial charge in [0.25, 0.3) is 5.91 Å². The smallest absolute Gasteiger partial charge is 0.270 e. The lowest BCUT2D eigenvalue weighted by Crippen LogP contribution is -2.57. The average Bonchev–Trinajstić information content (AvgIpc) is 3.12. The Bertz CT molecular complexity index is 887. The van der Waals surface area contributed by atoms with Crippen molar-refractivity contribution in [3.05, 3.63) is 23.3 Å². The molecule has 4 aliphatic rings. The van der Waals surface area contributed by atoms with Gasteiger partial charge < -0.3 is 15.1 Å². The number of hydrogen-bond donors (Lipinski definition) is 1. The van der Waals surface area contributed by atoms with E-state index in [0.29, 0.717) is 18.0 Å². The second-order valence-corrected chi connectivity index (χ2v) is 8.82. The van der Waals surface area contributed by atoms with Gasteiger partial charge in [0.15, 0.2) is 0 Å². The first kappa shape index (κ1) is 17.1. The number of anilines is 1. The molecule has 2 amide bonds. The monoisotopic (exact) mass is 384 g/mol. The lowest BCUT2D eigenvalue weighted by Gasteiger charge is -2.44. The summed E-state index contributed by atoms with van der Waals surface area (Å²) >= 11 is 1.58. The Hall–Kier alpha value is -1.99. The number of carbonyl (C=O) groups excluding carboxylic acids is 2. The van der Waals surface area contributed by atoms with Crippen LogP contribution in [0.3, 0.4) is 0 Å². The van der Waals surface area contributed by atoms with Crippen LogP contribution in [0.15, 0.2) is 17.6 Å². The van der Waals surface area contributed by atoms with Gasteiger partial charge in [0.1, 0.15) is 5.69 Å². The predicted octanol–water partition coefficient (Wildman–Crippen LogP) is 2.64. The normalized spacial score (nSPS) is 27.9. The minimum atomic E-state index is -0.0993. The van der Waals surface area contributed by atoms with Crippen molar-refractivity contribution in [3.8, 4) is 0 Å². The molecular weight excluding hydrogens is 360 g/mol. The third-order valence-corrected chi connectivity index (χ3v) is 7.18. The highest BCUT2D eigenvalue weighted by atomic mass is 32.1. The second kappa shape index (κ2) is 6.87. The van der Waals surface area contributed by atoms with Gasteiger partial charge in [-0.15, -0.1) is 11.3 Å². The van der Waals surface area contributed by atoms with Crippen LogP contribution >= 0.6 is 11.3 Å². The number of rotatable bonds is 3. The molecule has 2 bridgehead atoms.